The monoisotopic (exact) mass is 496 g/mol. The van der Waals surface area contributed by atoms with Crippen molar-refractivity contribution in [3.63, 3.8) is 0 Å². The van der Waals surface area contributed by atoms with Crippen molar-refractivity contribution in [2.45, 2.75) is 59.0 Å². The van der Waals surface area contributed by atoms with Gasteiger partial charge >= 0.3 is 0 Å². The number of nitrogens with zero attached hydrogens (tertiary/aromatic N) is 4. The summed E-state index contributed by atoms with van der Waals surface area (Å²) in [4.78, 5) is 9.01. The fourth-order valence-corrected chi connectivity index (χ4v) is 3.55. The zero-order valence-corrected chi connectivity index (χ0v) is 19.7. The van der Waals surface area contributed by atoms with Crippen LogP contribution in [0.2, 0.25) is 0 Å². The maximum Gasteiger partial charge on any atom is 0.191 e. The van der Waals surface area contributed by atoms with E-state index in [-0.39, 0.29) is 29.4 Å². The van der Waals surface area contributed by atoms with Gasteiger partial charge in [0.05, 0.1) is 6.54 Å². The second-order valence-electron chi connectivity index (χ2n) is 8.11. The molecule has 2 N–H and O–H groups in total. The normalized spacial score (nSPS) is 16.9. The third-order valence-electron chi connectivity index (χ3n) is 5.04. The van der Waals surface area contributed by atoms with Gasteiger partial charge < -0.3 is 10.6 Å². The minimum absolute atomic E-state index is 0. The lowest BCUT2D eigenvalue weighted by atomic mass is 9.86. The Morgan fingerprint density at radius 2 is 2.04 bits per heavy atom. The van der Waals surface area contributed by atoms with Crippen LogP contribution in [0.1, 0.15) is 44.4 Å². The molecule has 1 unspecified atom stereocenters. The van der Waals surface area contributed by atoms with E-state index in [0.29, 0.717) is 6.04 Å². The summed E-state index contributed by atoms with van der Waals surface area (Å²) in [6.45, 7) is 8.38. The number of nitrogens with one attached hydrogen (secondary N) is 2. The van der Waals surface area contributed by atoms with E-state index in [4.69, 9.17) is 0 Å². The van der Waals surface area contributed by atoms with Gasteiger partial charge in [-0.1, -0.05) is 51.1 Å². The Morgan fingerprint density at radius 1 is 1.29 bits per heavy atom. The molecule has 2 heterocycles. The van der Waals surface area contributed by atoms with Crippen LogP contribution in [0, 0.1) is 5.41 Å². The van der Waals surface area contributed by atoms with E-state index < -0.39 is 0 Å². The molecule has 2 aromatic rings. The Balaban J connectivity index is 0.00000280. The molecule has 1 aliphatic rings. The fraction of sp³-hybridized carbons (Fsp3) is 0.571. The number of hydrogen-bond donors (Lipinski definition) is 2. The van der Waals surface area contributed by atoms with Gasteiger partial charge in [0.2, 0.25) is 0 Å². The first-order valence-electron chi connectivity index (χ1n) is 9.93. The van der Waals surface area contributed by atoms with E-state index in [1.165, 1.54) is 5.56 Å². The molecule has 3 rings (SSSR count). The highest BCUT2D eigenvalue weighted by molar-refractivity contribution is 14.0. The van der Waals surface area contributed by atoms with Gasteiger partial charge in [-0.2, -0.15) is 5.10 Å². The first-order chi connectivity index (χ1) is 13.0. The van der Waals surface area contributed by atoms with E-state index in [2.05, 4.69) is 76.8 Å². The van der Waals surface area contributed by atoms with E-state index in [0.717, 1.165) is 56.4 Å². The van der Waals surface area contributed by atoms with Gasteiger partial charge in [-0.25, -0.2) is 9.67 Å². The molecule has 0 radical (unpaired) electrons. The molecule has 1 atom stereocenters. The molecule has 0 saturated carbocycles. The van der Waals surface area contributed by atoms with Crippen molar-refractivity contribution in [3.05, 3.63) is 47.5 Å². The summed E-state index contributed by atoms with van der Waals surface area (Å²) < 4.78 is 2.05. The molecule has 7 heteroatoms. The van der Waals surface area contributed by atoms with Gasteiger partial charge in [0.25, 0.3) is 0 Å². The molecule has 0 amide bonds. The molecule has 6 nitrogen and oxygen atoms in total. The minimum Gasteiger partial charge on any atom is -0.356 e. The third-order valence-corrected chi connectivity index (χ3v) is 5.04. The third kappa shape index (κ3) is 6.18. The van der Waals surface area contributed by atoms with Crippen molar-refractivity contribution < 1.29 is 0 Å². The summed E-state index contributed by atoms with van der Waals surface area (Å²) in [6.07, 6.45) is 3.93. The lowest BCUT2D eigenvalue weighted by molar-refractivity contribution is 0.353. The van der Waals surface area contributed by atoms with Crippen LogP contribution < -0.4 is 10.6 Å². The smallest absolute Gasteiger partial charge is 0.191 e. The second-order valence-corrected chi connectivity index (χ2v) is 8.11. The number of rotatable bonds is 6. The predicted molar refractivity (Wildman–Crippen MR) is 125 cm³/mol. The number of hydrogen-bond acceptors (Lipinski definition) is 3. The molecule has 0 spiro atoms. The Hall–Kier alpha value is -1.64. The molecule has 0 bridgehead atoms. The van der Waals surface area contributed by atoms with Crippen LogP contribution >= 0.6 is 24.0 Å². The van der Waals surface area contributed by atoms with Gasteiger partial charge in [0.15, 0.2) is 11.8 Å². The molecule has 0 saturated heterocycles. The van der Waals surface area contributed by atoms with Crippen LogP contribution in [-0.4, -0.2) is 40.4 Å². The van der Waals surface area contributed by atoms with Gasteiger partial charge in [0.1, 0.15) is 5.82 Å². The number of fused-ring (bicyclic) bond motifs is 1. The summed E-state index contributed by atoms with van der Waals surface area (Å²) in [5.41, 5.74) is 1.51. The lowest BCUT2D eigenvalue weighted by Crippen LogP contribution is -2.49. The van der Waals surface area contributed by atoms with Crippen LogP contribution in [0.3, 0.4) is 0 Å². The van der Waals surface area contributed by atoms with Crippen molar-refractivity contribution >= 4 is 29.9 Å². The Labute approximate surface area is 185 Å². The van der Waals surface area contributed by atoms with Gasteiger partial charge in [0, 0.05) is 32.5 Å². The van der Waals surface area contributed by atoms with Crippen LogP contribution in [0.25, 0.3) is 0 Å². The van der Waals surface area contributed by atoms with Crippen molar-refractivity contribution in [1.29, 1.82) is 0 Å². The minimum atomic E-state index is 0. The van der Waals surface area contributed by atoms with Crippen LogP contribution in [0.15, 0.2) is 35.3 Å². The highest BCUT2D eigenvalue weighted by Gasteiger charge is 2.23. The van der Waals surface area contributed by atoms with E-state index in [1.54, 1.807) is 0 Å². The molecule has 28 heavy (non-hydrogen) atoms. The molecule has 0 fully saturated rings. The van der Waals surface area contributed by atoms with Crippen LogP contribution in [0.5, 0.6) is 0 Å². The molecular weight excluding hydrogens is 463 g/mol. The largest absolute Gasteiger partial charge is 0.356 e. The number of halogens is 1. The highest BCUT2D eigenvalue weighted by atomic mass is 127. The molecule has 1 aromatic heterocycles. The fourth-order valence-electron chi connectivity index (χ4n) is 3.55. The lowest BCUT2D eigenvalue weighted by Gasteiger charge is -2.29. The number of aryl methyl sites for hydroxylation is 2. The molecule has 154 valence electrons. The average molecular weight is 496 g/mol. The van der Waals surface area contributed by atoms with E-state index in [9.17, 15) is 0 Å². The maximum atomic E-state index is 4.59. The summed E-state index contributed by atoms with van der Waals surface area (Å²) in [6, 6.07) is 11.0. The van der Waals surface area contributed by atoms with Gasteiger partial charge in [-0.05, 0) is 23.8 Å². The number of benzene rings is 1. The number of aliphatic imine (C=N–C) groups is 1. The predicted octanol–water partition coefficient (Wildman–Crippen LogP) is 3.21. The van der Waals surface area contributed by atoms with Crippen molar-refractivity contribution in [1.82, 2.24) is 25.4 Å². The zero-order chi connectivity index (χ0) is 19.3. The Bertz CT molecular complexity index is 768. The van der Waals surface area contributed by atoms with Crippen molar-refractivity contribution in [2.75, 3.05) is 13.6 Å². The highest BCUT2D eigenvalue weighted by Crippen LogP contribution is 2.20. The van der Waals surface area contributed by atoms with E-state index in [1.807, 2.05) is 11.7 Å². The standard InChI is InChI=1S/C21H32N6.HI/c1-5-18-25-19-12-11-17(14-27(19)26-18)24-20(22-4)23-15-21(2,3)13-16-9-7-6-8-10-16;/h6-10,17H,5,11-15H2,1-4H3,(H2,22,23,24);1H. The summed E-state index contributed by atoms with van der Waals surface area (Å²) >= 11 is 0. The summed E-state index contributed by atoms with van der Waals surface area (Å²) in [5.74, 6) is 2.91. The summed E-state index contributed by atoms with van der Waals surface area (Å²) in [5, 5.41) is 11.7. The van der Waals surface area contributed by atoms with E-state index >= 15 is 0 Å². The van der Waals surface area contributed by atoms with Crippen LogP contribution in [0.4, 0.5) is 0 Å². The van der Waals surface area contributed by atoms with Gasteiger partial charge in [-0.3, -0.25) is 4.99 Å². The Morgan fingerprint density at radius 3 is 2.71 bits per heavy atom. The second kappa shape index (κ2) is 10.2. The van der Waals surface area contributed by atoms with Crippen molar-refractivity contribution in [2.24, 2.45) is 10.4 Å². The molecule has 1 aromatic carbocycles. The summed E-state index contributed by atoms with van der Waals surface area (Å²) in [7, 11) is 1.83. The molecular formula is C21H33IN6. The Kier molecular flexibility index (Phi) is 8.27. The van der Waals surface area contributed by atoms with Gasteiger partial charge in [-0.15, -0.1) is 24.0 Å². The topological polar surface area (TPSA) is 67.1 Å². The molecule has 0 aliphatic carbocycles. The van der Waals surface area contributed by atoms with Crippen LogP contribution in [-0.2, 0) is 25.8 Å². The molecule has 1 aliphatic heterocycles. The quantitative estimate of drug-likeness (QED) is 0.366. The SMILES string of the molecule is CCc1nc2n(n1)CC(NC(=NC)NCC(C)(C)Cc1ccccc1)CC2.I. The average Bonchev–Trinajstić information content (AvgIpc) is 3.08. The number of guanidine groups is 1. The maximum absolute atomic E-state index is 4.59. The number of aromatic nitrogens is 3. The van der Waals surface area contributed by atoms with Crippen molar-refractivity contribution in [3.8, 4) is 0 Å². The first-order valence-corrected chi connectivity index (χ1v) is 9.93. The first kappa shape index (κ1) is 22.6. The zero-order valence-electron chi connectivity index (χ0n) is 17.4.